The van der Waals surface area contributed by atoms with E-state index in [1.165, 1.54) is 77.0 Å². The van der Waals surface area contributed by atoms with Crippen LogP contribution >= 0.6 is 0 Å². The molecule has 0 rings (SSSR count). The van der Waals surface area contributed by atoms with E-state index in [0.29, 0.717) is 19.4 Å². The summed E-state index contributed by atoms with van der Waals surface area (Å²) in [5, 5.41) is 0. The Labute approximate surface area is 313 Å². The first-order valence-electron chi connectivity index (χ1n) is 20.6. The number of ether oxygens (including phenoxy) is 3. The number of unbranched alkanes of at least 4 members (excludes halogenated alkanes) is 16. The molecule has 0 spiro atoms. The smallest absolute Gasteiger partial charge is 0.307 e. The van der Waals surface area contributed by atoms with Crippen molar-refractivity contribution in [1.82, 2.24) is 4.90 Å². The van der Waals surface area contributed by atoms with E-state index in [4.69, 9.17) is 14.2 Å². The number of hydrogen-bond acceptors (Lipinski definition) is 7. The van der Waals surface area contributed by atoms with Crippen molar-refractivity contribution in [3.05, 3.63) is 48.6 Å². The number of allylic oxidation sites excluding steroid dienone is 8. The highest BCUT2D eigenvalue weighted by Gasteiger charge is 2.19. The third-order valence-electron chi connectivity index (χ3n) is 8.58. The van der Waals surface area contributed by atoms with Gasteiger partial charge in [-0.15, -0.1) is 0 Å². The molecular weight excluding hydrogens is 638 g/mol. The van der Waals surface area contributed by atoms with Gasteiger partial charge in [-0.2, -0.15) is 0 Å². The second-order valence-corrected chi connectivity index (χ2v) is 14.0. The fourth-order valence-electron chi connectivity index (χ4n) is 5.33. The maximum absolute atomic E-state index is 12.4. The average molecular weight is 716 g/mol. The second-order valence-electron chi connectivity index (χ2n) is 14.0. The minimum absolute atomic E-state index is 0.104. The average Bonchev–Trinajstić information content (AvgIpc) is 3.11. The second kappa shape index (κ2) is 38.6. The van der Waals surface area contributed by atoms with E-state index in [0.717, 1.165) is 64.2 Å². The molecule has 0 unspecified atom stereocenters. The van der Waals surface area contributed by atoms with Crippen molar-refractivity contribution in [1.29, 1.82) is 0 Å². The molecular formula is C44H77NO6. The monoisotopic (exact) mass is 716 g/mol. The maximum Gasteiger partial charge on any atom is 0.307 e. The van der Waals surface area contributed by atoms with Crippen LogP contribution in [-0.4, -0.2) is 62.8 Å². The van der Waals surface area contributed by atoms with E-state index in [1.54, 1.807) is 0 Å². The molecule has 294 valence electrons. The summed E-state index contributed by atoms with van der Waals surface area (Å²) in [6.07, 6.45) is 42.9. The number of nitrogens with zero attached hydrogens (tertiary/aromatic N) is 1. The highest BCUT2D eigenvalue weighted by Crippen LogP contribution is 2.12. The molecule has 0 N–H and O–H groups in total. The molecule has 7 nitrogen and oxygen atoms in total. The molecule has 0 atom stereocenters. The number of carbonyl (C=O) groups is 3. The Bertz CT molecular complexity index is 876. The largest absolute Gasteiger partial charge is 0.462 e. The summed E-state index contributed by atoms with van der Waals surface area (Å²) in [5.74, 6) is -1.02. The van der Waals surface area contributed by atoms with Gasteiger partial charge in [0.25, 0.3) is 0 Å². The summed E-state index contributed by atoms with van der Waals surface area (Å²) in [6, 6.07) is 0. The summed E-state index contributed by atoms with van der Waals surface area (Å²) in [5.41, 5.74) is 0. The molecule has 51 heavy (non-hydrogen) atoms. The van der Waals surface area contributed by atoms with Crippen LogP contribution < -0.4 is 0 Å². The van der Waals surface area contributed by atoms with Gasteiger partial charge in [0, 0.05) is 19.4 Å². The Morgan fingerprint density at radius 1 is 0.471 bits per heavy atom. The van der Waals surface area contributed by atoms with Crippen molar-refractivity contribution >= 4 is 17.9 Å². The quantitative estimate of drug-likeness (QED) is 0.0276. The maximum atomic E-state index is 12.4. The van der Waals surface area contributed by atoms with E-state index >= 15 is 0 Å². The predicted molar refractivity (Wildman–Crippen MR) is 214 cm³/mol. The van der Waals surface area contributed by atoms with Gasteiger partial charge in [0.05, 0.1) is 6.42 Å². The fraction of sp³-hybridized carbons (Fsp3) is 0.750. The fourth-order valence-corrected chi connectivity index (χ4v) is 5.33. The van der Waals surface area contributed by atoms with Gasteiger partial charge in [0.2, 0.25) is 0 Å². The summed E-state index contributed by atoms with van der Waals surface area (Å²) < 4.78 is 16.4. The van der Waals surface area contributed by atoms with Crippen LogP contribution in [0.4, 0.5) is 0 Å². The third kappa shape index (κ3) is 38.4. The Balaban J connectivity index is 4.13. The first kappa shape index (κ1) is 48.3. The van der Waals surface area contributed by atoms with Crippen LogP contribution in [0.2, 0.25) is 0 Å². The predicted octanol–water partition coefficient (Wildman–Crippen LogP) is 11.6. The Morgan fingerprint density at radius 3 is 1.24 bits per heavy atom. The van der Waals surface area contributed by atoms with Crippen LogP contribution in [0.3, 0.4) is 0 Å². The molecule has 7 heteroatoms. The lowest BCUT2D eigenvalue weighted by Crippen LogP contribution is -2.31. The molecule has 0 aliphatic heterocycles. The molecule has 0 aromatic rings. The van der Waals surface area contributed by atoms with E-state index in [-0.39, 0.29) is 31.6 Å². The van der Waals surface area contributed by atoms with Gasteiger partial charge >= 0.3 is 17.9 Å². The molecule has 0 saturated carbocycles. The minimum atomic E-state index is -0.801. The van der Waals surface area contributed by atoms with Gasteiger partial charge in [0.15, 0.2) is 6.10 Å². The number of esters is 3. The zero-order chi connectivity index (χ0) is 37.5. The van der Waals surface area contributed by atoms with Gasteiger partial charge < -0.3 is 19.1 Å². The normalized spacial score (nSPS) is 12.0. The van der Waals surface area contributed by atoms with Gasteiger partial charge in [-0.25, -0.2) is 0 Å². The van der Waals surface area contributed by atoms with E-state index < -0.39 is 12.1 Å². The lowest BCUT2D eigenvalue weighted by molar-refractivity contribution is -0.167. The molecule has 0 aliphatic carbocycles. The summed E-state index contributed by atoms with van der Waals surface area (Å²) in [6.45, 7) is 4.78. The Kier molecular flexibility index (Phi) is 36.5. The highest BCUT2D eigenvalue weighted by atomic mass is 16.6. The first-order chi connectivity index (χ1) is 24.9. The molecule has 0 bridgehead atoms. The van der Waals surface area contributed by atoms with Crippen LogP contribution in [0.5, 0.6) is 0 Å². The lowest BCUT2D eigenvalue weighted by Gasteiger charge is -2.19. The molecule has 0 aromatic heterocycles. The van der Waals surface area contributed by atoms with E-state index in [2.05, 4.69) is 62.5 Å². The highest BCUT2D eigenvalue weighted by molar-refractivity contribution is 5.71. The number of rotatable bonds is 36. The Hall–Kier alpha value is -2.67. The molecule has 0 amide bonds. The van der Waals surface area contributed by atoms with Crippen LogP contribution in [0, 0.1) is 0 Å². The van der Waals surface area contributed by atoms with Crippen LogP contribution in [-0.2, 0) is 28.6 Å². The zero-order valence-electron chi connectivity index (χ0n) is 33.4. The molecule has 0 radical (unpaired) electrons. The summed E-state index contributed by atoms with van der Waals surface area (Å²) in [7, 11) is 3.77. The van der Waals surface area contributed by atoms with Gasteiger partial charge in [-0.05, 0) is 78.3 Å². The first-order valence-corrected chi connectivity index (χ1v) is 20.6. The van der Waals surface area contributed by atoms with Gasteiger partial charge in [-0.1, -0.05) is 140 Å². The van der Waals surface area contributed by atoms with E-state index in [9.17, 15) is 14.4 Å². The van der Waals surface area contributed by atoms with Crippen molar-refractivity contribution in [2.45, 2.75) is 180 Å². The SMILES string of the molecule is CCCC/C=C\C/C=C\CCCCCCCCC(=O)OCC(COC(=O)CCCCCCCC/C=C\C/C=C\CCCC)OC(=O)CCN(C)C. The summed E-state index contributed by atoms with van der Waals surface area (Å²) in [4.78, 5) is 39.0. The standard InChI is InChI=1S/C44H77NO6/c1-5-7-9-11-13-15-17-19-21-23-25-27-29-31-33-35-42(46)49-39-41(51-44(48)37-38-45(3)4)40-50-43(47)36-34-32-30-28-26-24-22-20-18-16-14-12-10-8-6-2/h11-14,17-20,41H,5-10,15-16,21-40H2,1-4H3/b13-11-,14-12-,19-17-,20-18-. The van der Waals surface area contributed by atoms with E-state index in [1.807, 2.05) is 19.0 Å². The Morgan fingerprint density at radius 2 is 0.843 bits per heavy atom. The van der Waals surface area contributed by atoms with Crippen LogP contribution in [0.25, 0.3) is 0 Å². The molecule has 0 aliphatic rings. The molecule has 0 aromatic carbocycles. The van der Waals surface area contributed by atoms with Crippen molar-refractivity contribution in [2.75, 3.05) is 33.9 Å². The van der Waals surface area contributed by atoms with Crippen molar-refractivity contribution in [3.63, 3.8) is 0 Å². The topological polar surface area (TPSA) is 82.1 Å². The van der Waals surface area contributed by atoms with Gasteiger partial charge in [0.1, 0.15) is 13.2 Å². The molecule has 0 saturated heterocycles. The van der Waals surface area contributed by atoms with Crippen LogP contribution in [0.1, 0.15) is 174 Å². The zero-order valence-corrected chi connectivity index (χ0v) is 33.4. The van der Waals surface area contributed by atoms with Crippen molar-refractivity contribution < 1.29 is 28.6 Å². The minimum Gasteiger partial charge on any atom is -0.462 e. The van der Waals surface area contributed by atoms with Crippen molar-refractivity contribution in [3.8, 4) is 0 Å². The van der Waals surface area contributed by atoms with Gasteiger partial charge in [-0.3, -0.25) is 14.4 Å². The number of carbonyl (C=O) groups excluding carboxylic acids is 3. The lowest BCUT2D eigenvalue weighted by atomic mass is 10.1. The molecule has 0 fully saturated rings. The summed E-state index contributed by atoms with van der Waals surface area (Å²) >= 11 is 0. The third-order valence-corrected chi connectivity index (χ3v) is 8.58. The van der Waals surface area contributed by atoms with Crippen molar-refractivity contribution in [2.24, 2.45) is 0 Å². The number of hydrogen-bond donors (Lipinski definition) is 0. The molecule has 0 heterocycles. The van der Waals surface area contributed by atoms with Crippen LogP contribution in [0.15, 0.2) is 48.6 Å².